The predicted octanol–water partition coefficient (Wildman–Crippen LogP) is 13.9. The van der Waals surface area contributed by atoms with E-state index in [4.69, 9.17) is 0 Å². The summed E-state index contributed by atoms with van der Waals surface area (Å²) in [4.78, 5) is 9.14. The molecule has 0 N–H and O–H groups in total. The summed E-state index contributed by atoms with van der Waals surface area (Å²) >= 11 is 0. The Morgan fingerprint density at radius 2 is 1.09 bits per heavy atom. The second-order valence-corrected chi connectivity index (χ2v) is 14.3. The van der Waals surface area contributed by atoms with Gasteiger partial charge in [0.05, 0.1) is 16.7 Å². The Morgan fingerprint density at radius 1 is 0.526 bits per heavy atom. The molecule has 1 aliphatic rings. The van der Waals surface area contributed by atoms with Crippen molar-refractivity contribution >= 4 is 39.4 Å². The summed E-state index contributed by atoms with van der Waals surface area (Å²) in [5.41, 5.74) is 17.5. The lowest BCUT2D eigenvalue weighted by Gasteiger charge is -2.11. The molecule has 0 aliphatic heterocycles. The van der Waals surface area contributed by atoms with E-state index in [0.29, 0.717) is 0 Å². The van der Waals surface area contributed by atoms with E-state index < -0.39 is 0 Å². The summed E-state index contributed by atoms with van der Waals surface area (Å²) in [5, 5.41) is 2.50. The molecular weight excluding hydrogens is 691 g/mol. The van der Waals surface area contributed by atoms with Gasteiger partial charge in [-0.05, 0) is 124 Å². The minimum absolute atomic E-state index is 0.740. The second kappa shape index (κ2) is 15.8. The number of nitrogens with zero attached hydrogens (tertiary/aromatic N) is 3. The van der Waals surface area contributed by atoms with Gasteiger partial charge >= 0.3 is 0 Å². The number of hydrogen-bond donors (Lipinski definition) is 0. The maximum absolute atomic E-state index is 4.63. The molecule has 7 aromatic carbocycles. The van der Waals surface area contributed by atoms with Gasteiger partial charge in [0.2, 0.25) is 0 Å². The highest BCUT2D eigenvalue weighted by Gasteiger charge is 2.21. The first kappa shape index (κ1) is 35.3. The second-order valence-electron chi connectivity index (χ2n) is 14.3. The molecule has 8 aromatic rings. The van der Waals surface area contributed by atoms with Gasteiger partial charge < -0.3 is 4.57 Å². The largest absolute Gasteiger partial charge is 0.309 e. The first-order valence-electron chi connectivity index (χ1n) is 19.4. The van der Waals surface area contributed by atoms with Crippen molar-refractivity contribution in [3.05, 3.63) is 229 Å². The predicted molar refractivity (Wildman–Crippen MR) is 243 cm³/mol. The van der Waals surface area contributed by atoms with Crippen LogP contribution in [-0.4, -0.2) is 16.5 Å². The summed E-state index contributed by atoms with van der Waals surface area (Å²) in [6.45, 7) is 6.29. The fraction of sp³-hybridized carbons (Fsp3) is 0.0370. The third kappa shape index (κ3) is 7.27. The number of benzene rings is 7. The Hall–Kier alpha value is -7.36. The average Bonchev–Trinajstić information content (AvgIpc) is 3.80. The highest BCUT2D eigenvalue weighted by molar-refractivity contribution is 6.11. The lowest BCUT2D eigenvalue weighted by Crippen LogP contribution is -1.95. The molecule has 57 heavy (non-hydrogen) atoms. The molecule has 0 atom stereocenters. The van der Waals surface area contributed by atoms with E-state index in [-0.39, 0.29) is 0 Å². The molecule has 1 aromatic heterocycles. The van der Waals surface area contributed by atoms with E-state index in [1.54, 1.807) is 6.21 Å². The molecule has 1 aliphatic carbocycles. The quantitative estimate of drug-likeness (QED) is 0.0990. The normalized spacial score (nSPS) is 12.8. The van der Waals surface area contributed by atoms with Crippen LogP contribution in [0.5, 0.6) is 0 Å². The zero-order valence-corrected chi connectivity index (χ0v) is 31.9. The Morgan fingerprint density at radius 3 is 1.74 bits per heavy atom. The van der Waals surface area contributed by atoms with Crippen molar-refractivity contribution in [3.63, 3.8) is 0 Å². The molecule has 9 rings (SSSR count). The Kier molecular flexibility index (Phi) is 9.79. The fourth-order valence-corrected chi connectivity index (χ4v) is 7.85. The maximum Gasteiger partial charge on any atom is 0.0630 e. The van der Waals surface area contributed by atoms with Crippen LogP contribution in [0.3, 0.4) is 0 Å². The lowest BCUT2D eigenvalue weighted by molar-refractivity contribution is 1.16. The Bertz CT molecular complexity index is 2830. The molecule has 0 radical (unpaired) electrons. The van der Waals surface area contributed by atoms with Crippen molar-refractivity contribution in [2.24, 2.45) is 9.98 Å². The fourth-order valence-electron chi connectivity index (χ4n) is 7.85. The molecule has 1 heterocycles. The van der Waals surface area contributed by atoms with Gasteiger partial charge in [0.15, 0.2) is 0 Å². The molecule has 0 unspecified atom stereocenters. The summed E-state index contributed by atoms with van der Waals surface area (Å²) in [5.74, 6) is 0. The summed E-state index contributed by atoms with van der Waals surface area (Å²) in [7, 11) is 0. The van der Waals surface area contributed by atoms with Crippen LogP contribution >= 0.6 is 0 Å². The third-order valence-electron chi connectivity index (χ3n) is 10.7. The van der Waals surface area contributed by atoms with Crippen LogP contribution in [0.2, 0.25) is 0 Å². The van der Waals surface area contributed by atoms with E-state index in [2.05, 4.69) is 167 Å². The van der Waals surface area contributed by atoms with Gasteiger partial charge in [-0.25, -0.2) is 0 Å². The van der Waals surface area contributed by atoms with Crippen LogP contribution in [-0.2, 0) is 6.42 Å². The highest BCUT2D eigenvalue weighted by atomic mass is 15.0. The lowest BCUT2D eigenvalue weighted by atomic mass is 10.0. The van der Waals surface area contributed by atoms with Crippen molar-refractivity contribution in [1.29, 1.82) is 0 Å². The van der Waals surface area contributed by atoms with Crippen molar-refractivity contribution in [3.8, 4) is 39.1 Å². The number of hydrogen-bond acceptors (Lipinski definition) is 2. The number of aromatic nitrogens is 1. The van der Waals surface area contributed by atoms with Gasteiger partial charge in [-0.1, -0.05) is 146 Å². The number of aliphatic imine (C=N–C) groups is 2. The minimum Gasteiger partial charge on any atom is -0.309 e. The van der Waals surface area contributed by atoms with Crippen LogP contribution < -0.4 is 0 Å². The molecule has 0 bridgehead atoms. The first-order chi connectivity index (χ1) is 28.1. The van der Waals surface area contributed by atoms with Crippen LogP contribution in [0.1, 0.15) is 29.2 Å². The zero-order chi connectivity index (χ0) is 38.6. The molecule has 0 spiro atoms. The molecule has 272 valence electrons. The van der Waals surface area contributed by atoms with E-state index in [9.17, 15) is 0 Å². The average molecular weight is 732 g/mol. The summed E-state index contributed by atoms with van der Waals surface area (Å²) in [6, 6.07) is 58.8. The van der Waals surface area contributed by atoms with Crippen LogP contribution in [0.4, 0.5) is 0 Å². The number of fused-ring (bicyclic) bond motifs is 6. The molecular formula is C54H41N3. The summed E-state index contributed by atoms with van der Waals surface area (Å²) < 4.78 is 2.43. The number of rotatable bonds is 10. The monoisotopic (exact) mass is 731 g/mol. The van der Waals surface area contributed by atoms with Crippen LogP contribution in [0, 0.1) is 0 Å². The maximum atomic E-state index is 4.63. The summed E-state index contributed by atoms with van der Waals surface area (Å²) in [6.07, 6.45) is 14.2. The van der Waals surface area contributed by atoms with E-state index >= 15 is 0 Å². The third-order valence-corrected chi connectivity index (χ3v) is 10.7. The van der Waals surface area contributed by atoms with Gasteiger partial charge in [0.1, 0.15) is 0 Å². The van der Waals surface area contributed by atoms with Crippen LogP contribution in [0.25, 0.3) is 66.6 Å². The van der Waals surface area contributed by atoms with Crippen molar-refractivity contribution in [1.82, 2.24) is 4.57 Å². The van der Waals surface area contributed by atoms with Gasteiger partial charge in [0, 0.05) is 34.6 Å². The highest BCUT2D eigenvalue weighted by Crippen LogP contribution is 2.41. The van der Waals surface area contributed by atoms with Gasteiger partial charge in [-0.3, -0.25) is 9.98 Å². The Balaban J connectivity index is 0.949. The van der Waals surface area contributed by atoms with Crippen molar-refractivity contribution < 1.29 is 0 Å². The van der Waals surface area contributed by atoms with E-state index in [1.165, 1.54) is 72.0 Å². The molecule has 3 heteroatoms. The topological polar surface area (TPSA) is 29.6 Å². The van der Waals surface area contributed by atoms with Gasteiger partial charge in [-0.15, -0.1) is 0 Å². The molecule has 0 fully saturated rings. The minimum atomic E-state index is 0.740. The van der Waals surface area contributed by atoms with E-state index in [1.807, 2.05) is 61.7 Å². The van der Waals surface area contributed by atoms with Crippen molar-refractivity contribution in [2.45, 2.75) is 13.3 Å². The SMILES string of the molecule is C=C(N=C/C=C/C=C\C=C/N=C(C)c1ccccc1)c1ccc2c(c1)Cc1cc(-n3c4ccc(-c5ccccc5)cc4c4cc(-c5ccccc5)ccc43)ccc1-2. The van der Waals surface area contributed by atoms with Crippen LogP contribution in [0.15, 0.2) is 217 Å². The smallest absolute Gasteiger partial charge is 0.0630 e. The standard InChI is InChI=1S/C54H41N3/c1-38(40-17-9-6-10-18-40)55-31-15-4-3-5-16-32-56-39(2)43-23-27-49-46(33-43)34-47-35-48(26-28-50(47)49)57-53-29-24-44(41-19-11-7-12-20-41)36-51(53)52-37-45(25-30-54(52)57)42-21-13-8-14-22-42/h3-33,35-37H,2,34H2,1H3/b4-3-,16-5+,31-15-,55-38?,56-32?. The van der Waals surface area contributed by atoms with Gasteiger partial charge in [0.25, 0.3) is 0 Å². The zero-order valence-electron chi connectivity index (χ0n) is 31.9. The van der Waals surface area contributed by atoms with Crippen molar-refractivity contribution in [2.75, 3.05) is 0 Å². The molecule has 0 amide bonds. The molecule has 0 saturated heterocycles. The Labute approximate surface area is 334 Å². The molecule has 3 nitrogen and oxygen atoms in total. The van der Waals surface area contributed by atoms with Gasteiger partial charge in [-0.2, -0.15) is 0 Å². The molecule has 0 saturated carbocycles. The van der Waals surface area contributed by atoms with E-state index in [0.717, 1.165) is 29.0 Å². The first-order valence-corrected chi connectivity index (χ1v) is 19.4. The number of allylic oxidation sites excluding steroid dienone is 5.